The van der Waals surface area contributed by atoms with Gasteiger partial charge in [0, 0.05) is 18.9 Å². The number of nitrogens with zero attached hydrogens (tertiary/aromatic N) is 2. The van der Waals surface area contributed by atoms with Gasteiger partial charge in [-0.25, -0.2) is 9.29 Å². The van der Waals surface area contributed by atoms with Gasteiger partial charge in [0.15, 0.2) is 9.75 Å². The second-order valence-corrected chi connectivity index (χ2v) is 12.9. The molecule has 2 N–H and O–H groups in total. The minimum Gasteiger partial charge on any atom is -0.508 e. The van der Waals surface area contributed by atoms with E-state index in [1.165, 1.54) is 18.2 Å². The molecule has 2 saturated heterocycles. The summed E-state index contributed by atoms with van der Waals surface area (Å²) in [7, 11) is 0. The Morgan fingerprint density at radius 2 is 1.72 bits per heavy atom. The Hall–Kier alpha value is -3.76. The number of carbonyl (C=O) groups is 5. The summed E-state index contributed by atoms with van der Waals surface area (Å²) < 4.78 is 13.7. The maximum Gasteiger partial charge on any atom is 0.303 e. The number of fused-ring (bicyclic) bond motifs is 4. The van der Waals surface area contributed by atoms with E-state index in [0.29, 0.717) is 16.7 Å². The van der Waals surface area contributed by atoms with Crippen molar-refractivity contribution in [2.75, 3.05) is 11.4 Å². The monoisotopic (exact) mass is 628 g/mol. The largest absolute Gasteiger partial charge is 0.508 e. The highest BCUT2D eigenvalue weighted by atomic mass is 35.5. The van der Waals surface area contributed by atoms with E-state index in [1.54, 1.807) is 25.1 Å². The summed E-state index contributed by atoms with van der Waals surface area (Å²) in [6.45, 7) is 1.61. The average molecular weight is 629 g/mol. The van der Waals surface area contributed by atoms with Crippen molar-refractivity contribution >= 4 is 58.5 Å². The van der Waals surface area contributed by atoms with Crippen molar-refractivity contribution in [3.8, 4) is 5.75 Å². The molecule has 0 spiro atoms. The Morgan fingerprint density at radius 1 is 1.02 bits per heavy atom. The highest BCUT2D eigenvalue weighted by molar-refractivity contribution is 6.58. The third kappa shape index (κ3) is 4.13. The minimum absolute atomic E-state index is 0.00453. The molecule has 2 aromatic rings. The summed E-state index contributed by atoms with van der Waals surface area (Å²) in [5, 5.41) is 19.3. The molecule has 0 unspecified atom stereocenters. The van der Waals surface area contributed by atoms with Crippen LogP contribution in [-0.2, 0) is 24.0 Å². The molecule has 4 amide bonds. The van der Waals surface area contributed by atoms with Crippen molar-refractivity contribution in [1.82, 2.24) is 4.90 Å². The zero-order chi connectivity index (χ0) is 31.0. The van der Waals surface area contributed by atoms with Gasteiger partial charge in [-0.3, -0.25) is 28.9 Å². The van der Waals surface area contributed by atoms with Crippen LogP contribution in [0.4, 0.5) is 10.1 Å². The summed E-state index contributed by atoms with van der Waals surface area (Å²) >= 11 is 14.6. The zero-order valence-electron chi connectivity index (χ0n) is 22.9. The van der Waals surface area contributed by atoms with Gasteiger partial charge < -0.3 is 10.2 Å². The topological polar surface area (TPSA) is 132 Å². The number of amides is 4. The number of rotatable bonds is 6. The van der Waals surface area contributed by atoms with E-state index >= 15 is 0 Å². The molecule has 0 bridgehead atoms. The van der Waals surface area contributed by atoms with Crippen LogP contribution in [-0.4, -0.2) is 61.0 Å². The second kappa shape index (κ2) is 10.2. The first kappa shape index (κ1) is 29.3. The van der Waals surface area contributed by atoms with Crippen molar-refractivity contribution in [2.45, 2.75) is 48.3 Å². The van der Waals surface area contributed by atoms with Crippen LogP contribution >= 0.6 is 23.2 Å². The molecule has 12 heteroatoms. The second-order valence-electron chi connectivity index (χ2n) is 11.6. The van der Waals surface area contributed by atoms with Gasteiger partial charge in [-0.05, 0) is 73.6 Å². The number of phenolic OH excluding ortho intramolecular Hbond substituents is 1. The van der Waals surface area contributed by atoms with Crippen LogP contribution in [0.1, 0.15) is 42.7 Å². The van der Waals surface area contributed by atoms with Crippen LogP contribution in [0.15, 0.2) is 54.1 Å². The molecule has 4 aliphatic rings. The van der Waals surface area contributed by atoms with E-state index < -0.39 is 68.8 Å². The van der Waals surface area contributed by atoms with Crippen LogP contribution in [0.25, 0.3) is 0 Å². The number of imide groups is 2. The average Bonchev–Trinajstić information content (AvgIpc) is 3.29. The number of phenols is 1. The predicted molar refractivity (Wildman–Crippen MR) is 153 cm³/mol. The number of carbonyl (C=O) groups excluding carboxylic acids is 4. The molecule has 0 aromatic heterocycles. The first-order valence-electron chi connectivity index (χ1n) is 13.9. The molecule has 224 valence electrons. The van der Waals surface area contributed by atoms with Crippen molar-refractivity contribution in [3.63, 3.8) is 0 Å². The Labute approximate surface area is 255 Å². The number of likely N-dealkylation sites (tertiary alicyclic amines) is 1. The molecule has 2 aromatic carbocycles. The van der Waals surface area contributed by atoms with E-state index in [1.807, 2.05) is 0 Å². The number of allylic oxidation sites excluding steroid dienone is 2. The normalized spacial score (nSPS) is 31.6. The van der Waals surface area contributed by atoms with Gasteiger partial charge in [-0.1, -0.05) is 23.8 Å². The van der Waals surface area contributed by atoms with Crippen LogP contribution in [0.3, 0.4) is 0 Å². The third-order valence-corrected chi connectivity index (χ3v) is 10.7. The minimum atomic E-state index is -2.06. The first-order valence-corrected chi connectivity index (χ1v) is 14.7. The van der Waals surface area contributed by atoms with Gasteiger partial charge in [0.25, 0.3) is 11.8 Å². The number of carboxylic acids is 1. The van der Waals surface area contributed by atoms with Crippen molar-refractivity contribution < 1.29 is 38.6 Å². The zero-order valence-corrected chi connectivity index (χ0v) is 24.4. The lowest BCUT2D eigenvalue weighted by atomic mass is 9.56. The van der Waals surface area contributed by atoms with E-state index in [-0.39, 0.29) is 43.7 Å². The number of alkyl halides is 2. The number of halogens is 3. The summed E-state index contributed by atoms with van der Waals surface area (Å²) in [5.74, 6) is -7.52. The number of hydrogen-bond donors (Lipinski definition) is 2. The van der Waals surface area contributed by atoms with Gasteiger partial charge >= 0.3 is 5.97 Å². The van der Waals surface area contributed by atoms with Gasteiger partial charge in [-0.2, -0.15) is 0 Å². The van der Waals surface area contributed by atoms with Gasteiger partial charge in [0.1, 0.15) is 11.6 Å². The number of aliphatic carboxylic acids is 1. The van der Waals surface area contributed by atoms with Gasteiger partial charge in [-0.15, -0.1) is 23.2 Å². The number of anilines is 1. The third-order valence-electron chi connectivity index (χ3n) is 9.31. The smallest absolute Gasteiger partial charge is 0.303 e. The maximum atomic E-state index is 14.3. The Kier molecular flexibility index (Phi) is 6.93. The highest BCUT2D eigenvalue weighted by Crippen LogP contribution is 2.65. The van der Waals surface area contributed by atoms with Crippen molar-refractivity contribution in [2.24, 2.45) is 17.8 Å². The number of hydrogen-bond acceptors (Lipinski definition) is 6. The predicted octanol–water partition coefficient (Wildman–Crippen LogP) is 4.27. The lowest BCUT2D eigenvalue weighted by Crippen LogP contribution is -2.60. The Balaban J connectivity index is 1.49. The van der Waals surface area contributed by atoms with Crippen LogP contribution < -0.4 is 4.90 Å². The van der Waals surface area contributed by atoms with E-state index in [0.717, 1.165) is 21.9 Å². The molecule has 0 radical (unpaired) electrons. The fourth-order valence-electron chi connectivity index (χ4n) is 7.30. The molecule has 2 aliphatic heterocycles. The van der Waals surface area contributed by atoms with E-state index in [4.69, 9.17) is 28.3 Å². The molecule has 2 heterocycles. The summed E-state index contributed by atoms with van der Waals surface area (Å²) in [6, 6.07) is 9.45. The molecule has 6 atom stereocenters. The SMILES string of the molecule is Cc1cc([C@H]2C3=CC[C@@H]4C(=O)N(CCCC(=O)O)C(=O)[C@@H]4[C@@H]3C[C@@]3(Cl)C(=O)N(c4ccc(F)cc4)C(=O)[C@@]23Cl)ccc1O. The number of aromatic hydroxyl groups is 1. The van der Waals surface area contributed by atoms with Crippen molar-refractivity contribution in [1.29, 1.82) is 0 Å². The van der Waals surface area contributed by atoms with E-state index in [9.17, 15) is 33.5 Å². The van der Waals surface area contributed by atoms with Crippen LogP contribution in [0, 0.1) is 30.5 Å². The molecule has 6 rings (SSSR count). The molecule has 3 fully saturated rings. The first-order chi connectivity index (χ1) is 20.3. The highest BCUT2D eigenvalue weighted by Gasteiger charge is 2.76. The Morgan fingerprint density at radius 3 is 2.37 bits per heavy atom. The lowest BCUT2D eigenvalue weighted by molar-refractivity contribution is -0.142. The quantitative estimate of drug-likeness (QED) is 0.277. The molecular weight excluding hydrogens is 602 g/mol. The molecule has 43 heavy (non-hydrogen) atoms. The number of carboxylic acid groups (broad SMARTS) is 1. The Bertz CT molecular complexity index is 1630. The van der Waals surface area contributed by atoms with Crippen molar-refractivity contribution in [3.05, 3.63) is 71.1 Å². The molecular formula is C31H27Cl2FN2O7. The van der Waals surface area contributed by atoms with Gasteiger partial charge in [0.2, 0.25) is 11.8 Å². The number of benzene rings is 2. The fourth-order valence-corrected chi connectivity index (χ4v) is 8.24. The lowest BCUT2D eigenvalue weighted by Gasteiger charge is -2.50. The molecule has 9 nitrogen and oxygen atoms in total. The summed E-state index contributed by atoms with van der Waals surface area (Å²) in [4.78, 5) is 64.5. The molecule has 1 saturated carbocycles. The molecule has 2 aliphatic carbocycles. The maximum absolute atomic E-state index is 14.3. The van der Waals surface area contributed by atoms with E-state index in [2.05, 4.69) is 0 Å². The summed E-state index contributed by atoms with van der Waals surface area (Å²) in [5.41, 5.74) is 1.64. The fraction of sp³-hybridized carbons (Fsp3) is 0.387. The van der Waals surface area contributed by atoms with Crippen LogP contribution in [0.2, 0.25) is 0 Å². The van der Waals surface area contributed by atoms with Crippen LogP contribution in [0.5, 0.6) is 5.75 Å². The number of aryl methyl sites for hydroxylation is 1. The summed E-state index contributed by atoms with van der Waals surface area (Å²) in [6.07, 6.45) is 1.63. The standard InChI is InChI=1S/C31H27Cl2FN2O7/c1-15-13-16(4-11-22(15)37)25-19-9-10-20-24(27(41)35(26(20)40)12-2-3-23(38)39)21(19)14-30(32)28(42)36(29(43)31(25,30)33)18-7-5-17(34)6-8-18/h4-9,11,13,20-21,24-25,37H,2-3,10,12,14H2,1H3,(H,38,39)/t20-,21+,24-,25-,30+,31-/m0/s1. The van der Waals surface area contributed by atoms with Gasteiger partial charge in [0.05, 0.1) is 17.5 Å².